The van der Waals surface area contributed by atoms with Gasteiger partial charge in [0.25, 0.3) is 0 Å². The van der Waals surface area contributed by atoms with Gasteiger partial charge in [0.15, 0.2) is 0 Å². The van der Waals surface area contributed by atoms with E-state index in [2.05, 4.69) is 53.7 Å². The van der Waals surface area contributed by atoms with Crippen LogP contribution in [0, 0.1) is 0 Å². The standard InChI is InChI=1S/C21H34BNO3/c1-8-9-14-23-16(2)15-19(17-10-12-18(24-7)13-11-17)22-25-20(3,4)21(5,6)26-22/h10-13,19H,8-9,14-15H2,1-7H3. The molecule has 0 N–H and O–H groups in total. The monoisotopic (exact) mass is 359 g/mol. The number of ether oxygens (including phenoxy) is 1. The third-order valence-corrected chi connectivity index (χ3v) is 5.55. The molecular weight excluding hydrogens is 325 g/mol. The predicted molar refractivity (Wildman–Crippen MR) is 109 cm³/mol. The van der Waals surface area contributed by atoms with Crippen LogP contribution in [0.3, 0.4) is 0 Å². The van der Waals surface area contributed by atoms with E-state index >= 15 is 0 Å². The van der Waals surface area contributed by atoms with Gasteiger partial charge in [0.2, 0.25) is 0 Å². The Morgan fingerprint density at radius 2 is 1.69 bits per heavy atom. The number of unbranched alkanes of at least 4 members (excludes halogenated alkanes) is 1. The van der Waals surface area contributed by atoms with Crippen molar-refractivity contribution in [3.05, 3.63) is 29.8 Å². The van der Waals surface area contributed by atoms with Gasteiger partial charge < -0.3 is 14.0 Å². The van der Waals surface area contributed by atoms with E-state index in [0.29, 0.717) is 0 Å². The molecule has 0 radical (unpaired) electrons. The summed E-state index contributed by atoms with van der Waals surface area (Å²) in [5, 5.41) is 0. The van der Waals surface area contributed by atoms with Crippen LogP contribution in [0.15, 0.2) is 29.3 Å². The molecule has 0 saturated carbocycles. The third kappa shape index (κ3) is 4.89. The molecule has 0 aliphatic carbocycles. The Bertz CT molecular complexity index is 594. The summed E-state index contributed by atoms with van der Waals surface area (Å²) < 4.78 is 18.0. The second kappa shape index (κ2) is 8.58. The van der Waals surface area contributed by atoms with Crippen molar-refractivity contribution < 1.29 is 14.0 Å². The topological polar surface area (TPSA) is 40.0 Å². The average Bonchev–Trinajstić information content (AvgIpc) is 2.80. The minimum Gasteiger partial charge on any atom is -0.497 e. The SMILES string of the molecule is CCCCN=C(C)CC(B1OC(C)(C)C(C)(C)O1)c1ccc(OC)cc1. The van der Waals surface area contributed by atoms with Crippen LogP contribution >= 0.6 is 0 Å². The predicted octanol–water partition coefficient (Wildman–Crippen LogP) is 5.06. The van der Waals surface area contributed by atoms with E-state index in [0.717, 1.165) is 37.3 Å². The van der Waals surface area contributed by atoms with Crippen LogP contribution in [0.25, 0.3) is 0 Å². The first-order valence-electron chi connectivity index (χ1n) is 9.69. The number of hydrogen-bond donors (Lipinski definition) is 0. The summed E-state index contributed by atoms with van der Waals surface area (Å²) in [5.41, 5.74) is 1.66. The van der Waals surface area contributed by atoms with Crippen LogP contribution in [0.1, 0.15) is 72.2 Å². The van der Waals surface area contributed by atoms with Crippen LogP contribution in [0.4, 0.5) is 0 Å². The largest absolute Gasteiger partial charge is 0.497 e. The Kier molecular flexibility index (Phi) is 6.92. The van der Waals surface area contributed by atoms with Gasteiger partial charge in [-0.3, -0.25) is 4.99 Å². The van der Waals surface area contributed by atoms with Crippen molar-refractivity contribution >= 4 is 12.8 Å². The quantitative estimate of drug-likeness (QED) is 0.370. The molecule has 1 fully saturated rings. The second-order valence-corrected chi connectivity index (χ2v) is 8.18. The Hall–Kier alpha value is -1.33. The Balaban J connectivity index is 2.25. The van der Waals surface area contributed by atoms with Gasteiger partial charge in [-0.25, -0.2) is 0 Å². The molecule has 1 atom stereocenters. The van der Waals surface area contributed by atoms with Gasteiger partial charge in [0.05, 0.1) is 18.3 Å². The Morgan fingerprint density at radius 1 is 1.12 bits per heavy atom. The molecule has 1 saturated heterocycles. The number of hydrogen-bond acceptors (Lipinski definition) is 4. The first-order valence-corrected chi connectivity index (χ1v) is 9.69. The maximum Gasteiger partial charge on any atom is 0.466 e. The summed E-state index contributed by atoms with van der Waals surface area (Å²) in [6.45, 7) is 13.6. The lowest BCUT2D eigenvalue weighted by Gasteiger charge is -2.32. The average molecular weight is 359 g/mol. The van der Waals surface area contributed by atoms with Gasteiger partial charge in [-0.05, 0) is 65.2 Å². The zero-order valence-corrected chi connectivity index (χ0v) is 17.5. The van der Waals surface area contributed by atoms with E-state index in [1.807, 2.05) is 12.1 Å². The van der Waals surface area contributed by atoms with Crippen LogP contribution in [0.5, 0.6) is 5.75 Å². The molecule has 1 aliphatic rings. The summed E-state index contributed by atoms with van der Waals surface area (Å²) in [7, 11) is 1.40. The summed E-state index contributed by atoms with van der Waals surface area (Å²) in [6.07, 6.45) is 3.11. The van der Waals surface area contributed by atoms with Crippen molar-refractivity contribution in [3.8, 4) is 5.75 Å². The van der Waals surface area contributed by atoms with E-state index in [1.165, 1.54) is 5.56 Å². The van der Waals surface area contributed by atoms with Crippen LogP contribution in [-0.2, 0) is 9.31 Å². The van der Waals surface area contributed by atoms with E-state index in [1.54, 1.807) is 7.11 Å². The molecule has 0 spiro atoms. The van der Waals surface area contributed by atoms with Gasteiger partial charge in [0.1, 0.15) is 5.75 Å². The van der Waals surface area contributed by atoms with E-state index in [9.17, 15) is 0 Å². The molecule has 0 amide bonds. The molecule has 4 nitrogen and oxygen atoms in total. The first kappa shape index (κ1) is 21.0. The molecule has 2 rings (SSSR count). The van der Waals surface area contributed by atoms with Gasteiger partial charge in [-0.15, -0.1) is 0 Å². The molecule has 0 bridgehead atoms. The number of methoxy groups -OCH3 is 1. The van der Waals surface area contributed by atoms with Gasteiger partial charge in [0, 0.05) is 18.1 Å². The fourth-order valence-corrected chi connectivity index (χ4v) is 3.09. The number of benzene rings is 1. The normalized spacial score (nSPS) is 20.3. The lowest BCUT2D eigenvalue weighted by molar-refractivity contribution is 0.00578. The van der Waals surface area contributed by atoms with Crippen LogP contribution in [0.2, 0.25) is 0 Å². The summed E-state index contributed by atoms with van der Waals surface area (Å²) >= 11 is 0. The zero-order chi connectivity index (χ0) is 19.4. The molecule has 0 aromatic heterocycles. The summed E-state index contributed by atoms with van der Waals surface area (Å²) in [5.74, 6) is 0.960. The molecule has 26 heavy (non-hydrogen) atoms. The van der Waals surface area contributed by atoms with Crippen molar-refractivity contribution in [2.75, 3.05) is 13.7 Å². The van der Waals surface area contributed by atoms with Crippen molar-refractivity contribution in [1.29, 1.82) is 0 Å². The van der Waals surface area contributed by atoms with Crippen LogP contribution in [-0.4, -0.2) is 37.7 Å². The molecule has 144 valence electrons. The molecule has 1 aliphatic heterocycles. The van der Waals surface area contributed by atoms with E-state index < -0.39 is 0 Å². The molecule has 1 unspecified atom stereocenters. The number of rotatable bonds is 8. The summed E-state index contributed by atoms with van der Waals surface area (Å²) in [4.78, 5) is 4.74. The fraction of sp³-hybridized carbons (Fsp3) is 0.667. The van der Waals surface area contributed by atoms with E-state index in [4.69, 9.17) is 19.0 Å². The van der Waals surface area contributed by atoms with Crippen molar-refractivity contribution in [2.24, 2.45) is 4.99 Å². The Morgan fingerprint density at radius 3 is 2.19 bits per heavy atom. The smallest absolute Gasteiger partial charge is 0.466 e. The van der Waals surface area contributed by atoms with Gasteiger partial charge in [-0.1, -0.05) is 25.5 Å². The molecule has 1 aromatic rings. The van der Waals surface area contributed by atoms with Crippen molar-refractivity contribution in [1.82, 2.24) is 0 Å². The fourth-order valence-electron chi connectivity index (χ4n) is 3.09. The maximum absolute atomic E-state index is 6.36. The highest BCUT2D eigenvalue weighted by Crippen LogP contribution is 2.42. The van der Waals surface area contributed by atoms with Crippen molar-refractivity contribution in [2.45, 2.75) is 77.8 Å². The highest BCUT2D eigenvalue weighted by atomic mass is 16.7. The minimum absolute atomic E-state index is 0.104. The lowest BCUT2D eigenvalue weighted by atomic mass is 9.65. The highest BCUT2D eigenvalue weighted by Gasteiger charge is 2.53. The minimum atomic E-state index is -0.338. The van der Waals surface area contributed by atoms with Gasteiger partial charge >= 0.3 is 7.12 Å². The van der Waals surface area contributed by atoms with Crippen molar-refractivity contribution in [3.63, 3.8) is 0 Å². The summed E-state index contributed by atoms with van der Waals surface area (Å²) in [6, 6.07) is 8.20. The van der Waals surface area contributed by atoms with Crippen LogP contribution < -0.4 is 4.74 Å². The molecule has 5 heteroatoms. The Labute approximate surface area is 159 Å². The molecule has 1 aromatic carbocycles. The highest BCUT2D eigenvalue weighted by molar-refractivity contribution is 6.48. The van der Waals surface area contributed by atoms with Gasteiger partial charge in [-0.2, -0.15) is 0 Å². The third-order valence-electron chi connectivity index (χ3n) is 5.55. The number of nitrogens with zero attached hydrogens (tertiary/aromatic N) is 1. The first-order chi connectivity index (χ1) is 12.2. The second-order valence-electron chi connectivity index (χ2n) is 8.18. The zero-order valence-electron chi connectivity index (χ0n) is 17.5. The molecule has 1 heterocycles. The van der Waals surface area contributed by atoms with E-state index in [-0.39, 0.29) is 24.1 Å². The maximum atomic E-state index is 6.36. The lowest BCUT2D eigenvalue weighted by Crippen LogP contribution is -2.41. The number of aliphatic imine (C=N–C) groups is 1. The molecular formula is C21H34BNO3.